The van der Waals surface area contributed by atoms with Gasteiger partial charge in [0, 0.05) is 32.6 Å². The molecular formula is C80H54ClN6S2+. The Hall–Kier alpha value is -10.4. The first kappa shape index (κ1) is 56.4. The number of nitrogens with zero attached hydrogens (tertiary/aromatic N) is 6. The second-order valence-corrected chi connectivity index (χ2v) is 23.4. The molecule has 0 aliphatic heterocycles. The van der Waals surface area contributed by atoms with Crippen LogP contribution in [0.4, 0.5) is 0 Å². The van der Waals surface area contributed by atoms with Gasteiger partial charge in [0.15, 0.2) is 28.5 Å². The zero-order valence-corrected chi connectivity index (χ0v) is 50.5. The molecule has 422 valence electrons. The topological polar surface area (TPSA) is 77.3 Å². The molecule has 0 saturated heterocycles. The third kappa shape index (κ3) is 10.9. The minimum absolute atomic E-state index is 0.166. The Balaban J connectivity index is 0.000000142. The van der Waals surface area contributed by atoms with Crippen molar-refractivity contribution in [3.8, 4) is 56.4 Å². The van der Waals surface area contributed by atoms with Crippen LogP contribution in [0, 0.1) is 6.08 Å². The Morgan fingerprint density at radius 2 is 0.730 bits per heavy atom. The van der Waals surface area contributed by atoms with E-state index in [4.69, 9.17) is 31.5 Å². The fourth-order valence-electron chi connectivity index (χ4n) is 12.6. The number of halogens is 1. The highest BCUT2D eigenvalue weighted by atomic mass is 35.5. The van der Waals surface area contributed by atoms with Gasteiger partial charge >= 0.3 is 0 Å². The Morgan fingerprint density at radius 1 is 0.348 bits per heavy atom. The van der Waals surface area contributed by atoms with Crippen molar-refractivity contribution in [3.05, 3.63) is 383 Å². The molecule has 0 bridgehead atoms. The van der Waals surface area contributed by atoms with Crippen molar-refractivity contribution < 1.29 is 0 Å². The predicted molar refractivity (Wildman–Crippen MR) is 365 cm³/mol. The predicted octanol–water partition coefficient (Wildman–Crippen LogP) is 19.6. The summed E-state index contributed by atoms with van der Waals surface area (Å²) < 4.78 is 0. The molecule has 0 fully saturated rings. The molecule has 11 aromatic carbocycles. The zero-order chi connectivity index (χ0) is 60.0. The first-order chi connectivity index (χ1) is 43.9. The summed E-state index contributed by atoms with van der Waals surface area (Å²) in [5, 5.41) is 0.834. The summed E-state index contributed by atoms with van der Waals surface area (Å²) >= 11 is 12.1. The summed E-state index contributed by atoms with van der Waals surface area (Å²) in [6.07, 6.45) is 10.6. The van der Waals surface area contributed by atoms with E-state index >= 15 is 0 Å². The maximum Gasteiger partial charge on any atom is 0.226 e. The van der Waals surface area contributed by atoms with Gasteiger partial charge in [0.05, 0.1) is 23.0 Å². The minimum atomic E-state index is -0.487. The van der Waals surface area contributed by atoms with E-state index < -0.39 is 10.8 Å². The van der Waals surface area contributed by atoms with Crippen LogP contribution in [0.15, 0.2) is 337 Å². The second kappa shape index (κ2) is 25.1. The molecule has 0 spiro atoms. The Morgan fingerprint density at radius 3 is 1.18 bits per heavy atom. The van der Waals surface area contributed by atoms with Crippen molar-refractivity contribution in [1.29, 1.82) is 0 Å². The third-order valence-corrected chi connectivity index (χ3v) is 17.7. The fraction of sp³-hybridized carbons (Fsp3) is 0.0250. The molecule has 13 aromatic rings. The van der Waals surface area contributed by atoms with Crippen LogP contribution in [0.5, 0.6) is 0 Å². The Kier molecular flexibility index (Phi) is 15.9. The average molecular weight is 1200 g/mol. The summed E-state index contributed by atoms with van der Waals surface area (Å²) in [5.41, 5.74) is 17.5. The van der Waals surface area contributed by atoms with Gasteiger partial charge in [0.1, 0.15) is 17.7 Å². The van der Waals surface area contributed by atoms with Crippen LogP contribution >= 0.6 is 36.0 Å². The van der Waals surface area contributed by atoms with Crippen LogP contribution in [0.1, 0.15) is 50.3 Å². The number of aromatic nitrogens is 6. The lowest BCUT2D eigenvalue weighted by Crippen LogP contribution is -2.28. The number of rotatable bonds is 10. The van der Waals surface area contributed by atoms with Gasteiger partial charge in [0.2, 0.25) is 5.28 Å². The molecule has 2 aromatic heterocycles. The highest BCUT2D eigenvalue weighted by Crippen LogP contribution is 2.58. The SMILES string of the molecule is Clc1nc(C2=CC=[C+]C=C2)nc(-c2ccc3c(c2)C(c2ccccc2)(c2ccccc2)c2ccccc2-3)n1.Sc1ccccc1.c1ccc(Sc2nc(-c3ccccc3)nc(-c3ccc4c(c3)C(c3ccccc3)(c3ccccc3)c3ccccc3-4)n2)cc1. The van der Waals surface area contributed by atoms with E-state index in [1.807, 2.05) is 103 Å². The van der Waals surface area contributed by atoms with Gasteiger partial charge < -0.3 is 0 Å². The summed E-state index contributed by atoms with van der Waals surface area (Å²) in [6, 6.07) is 104. The van der Waals surface area contributed by atoms with Gasteiger partial charge in [0.25, 0.3) is 0 Å². The van der Waals surface area contributed by atoms with E-state index in [1.165, 1.54) is 66.8 Å². The second-order valence-electron chi connectivity index (χ2n) is 21.5. The van der Waals surface area contributed by atoms with Crippen LogP contribution in [0.2, 0.25) is 5.28 Å². The third-order valence-electron chi connectivity index (χ3n) is 16.4. The molecule has 0 N–H and O–H groups in total. The normalized spacial score (nSPS) is 13.2. The highest BCUT2D eigenvalue weighted by Gasteiger charge is 2.47. The van der Waals surface area contributed by atoms with Crippen LogP contribution in [0.3, 0.4) is 0 Å². The van der Waals surface area contributed by atoms with Crippen molar-refractivity contribution in [2.75, 3.05) is 0 Å². The first-order valence-electron chi connectivity index (χ1n) is 29.3. The van der Waals surface area contributed by atoms with Crippen LogP contribution in [0.25, 0.3) is 62.0 Å². The number of fused-ring (bicyclic) bond motifs is 6. The standard InChI is InChI=1S/C40H27N3S.C34H21ClN3.C6H6S/c1-5-15-28(16-6-1)37-41-38(43-39(42-37)44-32-21-11-4-12-22-32)29-25-26-34-33-23-13-14-24-35(33)40(36(34)27-29,30-17-7-2-8-18-30)31-19-9-3-10-20-31;35-33-37-31(23-12-4-1-5-13-23)36-32(38-33)24-20-21-28-27-18-10-11-19-29(27)34(30(28)22-24,25-14-6-2-7-15-25)26-16-8-3-9-17-26;7-6-4-2-1-3-5-6/h1-27H;2-22H;1-5,7H/q;+1;. The molecule has 0 atom stereocenters. The largest absolute Gasteiger partial charge is 0.226 e. The van der Waals surface area contributed by atoms with E-state index in [0.29, 0.717) is 28.5 Å². The molecule has 0 saturated carbocycles. The molecule has 16 rings (SSSR count). The van der Waals surface area contributed by atoms with Gasteiger partial charge in [-0.25, -0.2) is 19.9 Å². The number of hydrogen-bond donors (Lipinski definition) is 1. The summed E-state index contributed by atoms with van der Waals surface area (Å²) in [6.45, 7) is 0. The van der Waals surface area contributed by atoms with Crippen molar-refractivity contribution in [3.63, 3.8) is 0 Å². The number of allylic oxidation sites excluding steroid dienone is 6. The maximum atomic E-state index is 6.42. The van der Waals surface area contributed by atoms with E-state index in [-0.39, 0.29) is 5.28 Å². The van der Waals surface area contributed by atoms with Crippen LogP contribution in [-0.2, 0) is 10.8 Å². The Labute approximate surface area is 533 Å². The van der Waals surface area contributed by atoms with Crippen molar-refractivity contribution in [1.82, 2.24) is 29.9 Å². The molecule has 0 amide bonds. The smallest absolute Gasteiger partial charge is 0.208 e. The van der Waals surface area contributed by atoms with E-state index in [2.05, 4.69) is 247 Å². The molecule has 3 aliphatic rings. The van der Waals surface area contributed by atoms with E-state index in [0.717, 1.165) is 32.1 Å². The van der Waals surface area contributed by atoms with E-state index in [9.17, 15) is 0 Å². The van der Waals surface area contributed by atoms with Crippen LogP contribution < -0.4 is 0 Å². The van der Waals surface area contributed by atoms with Crippen molar-refractivity contribution in [2.24, 2.45) is 0 Å². The highest BCUT2D eigenvalue weighted by molar-refractivity contribution is 7.99. The molecular weight excluding hydrogens is 1140 g/mol. The first-order valence-corrected chi connectivity index (χ1v) is 31.0. The molecule has 6 nitrogen and oxygen atoms in total. The summed E-state index contributed by atoms with van der Waals surface area (Å²) in [5.74, 6) is 2.40. The molecule has 9 heteroatoms. The summed E-state index contributed by atoms with van der Waals surface area (Å²) in [7, 11) is 0. The molecule has 3 aliphatic carbocycles. The zero-order valence-electron chi connectivity index (χ0n) is 48.0. The number of thiol groups is 1. The van der Waals surface area contributed by atoms with Gasteiger partial charge in [-0.2, -0.15) is 9.97 Å². The Bertz CT molecular complexity index is 4680. The lowest BCUT2D eigenvalue weighted by atomic mass is 9.67. The lowest BCUT2D eigenvalue weighted by molar-refractivity contribution is 0.768. The lowest BCUT2D eigenvalue weighted by Gasteiger charge is -2.34. The van der Waals surface area contributed by atoms with Crippen molar-refractivity contribution in [2.45, 2.75) is 25.8 Å². The maximum absolute atomic E-state index is 6.42. The van der Waals surface area contributed by atoms with Gasteiger partial charge in [-0.15, -0.1) is 12.6 Å². The van der Waals surface area contributed by atoms with Gasteiger partial charge in [-0.3, -0.25) is 0 Å². The fourth-order valence-corrected chi connectivity index (χ4v) is 13.7. The summed E-state index contributed by atoms with van der Waals surface area (Å²) in [4.78, 5) is 30.8. The molecule has 0 unspecified atom stereocenters. The average Bonchev–Trinajstić information content (AvgIpc) is 1.63. The quantitative estimate of drug-likeness (QED) is 0.108. The van der Waals surface area contributed by atoms with Gasteiger partial charge in [-0.05, 0) is 127 Å². The minimum Gasteiger partial charge on any atom is -0.208 e. The molecule has 89 heavy (non-hydrogen) atoms. The molecule has 2 heterocycles. The van der Waals surface area contributed by atoms with Gasteiger partial charge in [-0.1, -0.05) is 261 Å². The number of hydrogen-bond acceptors (Lipinski definition) is 8. The monoisotopic (exact) mass is 1200 g/mol. The van der Waals surface area contributed by atoms with Crippen molar-refractivity contribution >= 4 is 41.6 Å². The molecule has 0 radical (unpaired) electrons. The van der Waals surface area contributed by atoms with Crippen LogP contribution in [-0.4, -0.2) is 29.9 Å². The number of benzene rings is 11. The van der Waals surface area contributed by atoms with E-state index in [1.54, 1.807) is 11.8 Å².